The number of aromatic nitrogens is 3. The normalized spacial score (nSPS) is 16.2. The maximum atomic E-state index is 12.6. The van der Waals surface area contributed by atoms with E-state index < -0.39 is 0 Å². The molecule has 0 aliphatic carbocycles. The zero-order chi connectivity index (χ0) is 14.8. The highest BCUT2D eigenvalue weighted by atomic mass is 32.1. The minimum absolute atomic E-state index is 0.125. The van der Waals surface area contributed by atoms with Gasteiger partial charge in [0.15, 0.2) is 0 Å². The molecule has 5 nitrogen and oxygen atoms in total. The van der Waals surface area contributed by atoms with Crippen molar-refractivity contribution in [3.8, 4) is 0 Å². The first-order valence-corrected chi connectivity index (χ1v) is 7.92. The molecule has 0 bridgehead atoms. The van der Waals surface area contributed by atoms with Crippen molar-refractivity contribution >= 4 is 17.4 Å². The van der Waals surface area contributed by atoms with E-state index in [-0.39, 0.29) is 5.91 Å². The predicted octanol–water partition coefficient (Wildman–Crippen LogP) is 2.57. The Morgan fingerprint density at radius 3 is 2.67 bits per heavy atom. The molecule has 2 aromatic rings. The standard InChI is InChI=1S/C15H18N4OS/c1-10-14(11(2)21-18-10)15(20)19-7-4-12(5-8-19)13-3-6-16-9-17-13/h3,6,9,12H,4-5,7-8H2,1-2H3. The molecular formula is C15H18N4OS. The number of hydrogen-bond donors (Lipinski definition) is 0. The molecule has 0 atom stereocenters. The number of likely N-dealkylation sites (tertiary alicyclic amines) is 1. The first-order valence-electron chi connectivity index (χ1n) is 7.15. The summed E-state index contributed by atoms with van der Waals surface area (Å²) in [5, 5.41) is 0. The summed E-state index contributed by atoms with van der Waals surface area (Å²) < 4.78 is 4.27. The third kappa shape index (κ3) is 2.81. The van der Waals surface area contributed by atoms with Crippen molar-refractivity contribution in [2.45, 2.75) is 32.6 Å². The zero-order valence-corrected chi connectivity index (χ0v) is 13.1. The van der Waals surface area contributed by atoms with E-state index in [4.69, 9.17) is 0 Å². The van der Waals surface area contributed by atoms with E-state index >= 15 is 0 Å². The van der Waals surface area contributed by atoms with Crippen LogP contribution in [0.15, 0.2) is 18.6 Å². The van der Waals surface area contributed by atoms with Crippen LogP contribution >= 0.6 is 11.5 Å². The van der Waals surface area contributed by atoms with Gasteiger partial charge in [-0.15, -0.1) is 0 Å². The van der Waals surface area contributed by atoms with Crippen molar-refractivity contribution in [1.29, 1.82) is 0 Å². The second kappa shape index (κ2) is 5.89. The molecule has 3 heterocycles. The molecule has 2 aromatic heterocycles. The van der Waals surface area contributed by atoms with Crippen LogP contribution in [0, 0.1) is 13.8 Å². The van der Waals surface area contributed by atoms with Gasteiger partial charge in [0.2, 0.25) is 0 Å². The van der Waals surface area contributed by atoms with Gasteiger partial charge in [-0.1, -0.05) is 0 Å². The third-order valence-electron chi connectivity index (χ3n) is 4.05. The molecular weight excluding hydrogens is 284 g/mol. The first kappa shape index (κ1) is 14.1. The molecule has 0 spiro atoms. The van der Waals surface area contributed by atoms with Crippen LogP contribution < -0.4 is 0 Å². The Morgan fingerprint density at radius 1 is 1.33 bits per heavy atom. The fourth-order valence-electron chi connectivity index (χ4n) is 2.87. The number of piperidine rings is 1. The lowest BCUT2D eigenvalue weighted by Crippen LogP contribution is -2.38. The van der Waals surface area contributed by atoms with E-state index in [1.165, 1.54) is 11.5 Å². The largest absolute Gasteiger partial charge is 0.339 e. The van der Waals surface area contributed by atoms with Crippen molar-refractivity contribution in [2.75, 3.05) is 13.1 Å². The Labute approximate surface area is 128 Å². The number of rotatable bonds is 2. The highest BCUT2D eigenvalue weighted by Gasteiger charge is 2.27. The Bertz CT molecular complexity index is 613. The molecule has 0 aromatic carbocycles. The molecule has 6 heteroatoms. The van der Waals surface area contributed by atoms with Crippen LogP contribution in [0.2, 0.25) is 0 Å². The molecule has 1 saturated heterocycles. The van der Waals surface area contributed by atoms with Gasteiger partial charge >= 0.3 is 0 Å². The summed E-state index contributed by atoms with van der Waals surface area (Å²) in [5.74, 6) is 0.555. The summed E-state index contributed by atoms with van der Waals surface area (Å²) in [5.41, 5.74) is 2.72. The topological polar surface area (TPSA) is 59.0 Å². The second-order valence-electron chi connectivity index (χ2n) is 5.40. The molecule has 110 valence electrons. The number of hydrogen-bond acceptors (Lipinski definition) is 5. The molecule has 21 heavy (non-hydrogen) atoms. The van der Waals surface area contributed by atoms with Gasteiger partial charge in [-0.25, -0.2) is 9.97 Å². The summed E-state index contributed by atoms with van der Waals surface area (Å²) in [7, 11) is 0. The number of amides is 1. The van der Waals surface area contributed by atoms with Crippen LogP contribution in [0.4, 0.5) is 0 Å². The minimum Gasteiger partial charge on any atom is -0.339 e. The SMILES string of the molecule is Cc1nsc(C)c1C(=O)N1CCC(c2ccncn2)CC1. The molecule has 3 rings (SSSR count). The van der Waals surface area contributed by atoms with Crippen molar-refractivity contribution < 1.29 is 4.79 Å². The monoisotopic (exact) mass is 302 g/mol. The van der Waals surface area contributed by atoms with Crippen molar-refractivity contribution in [3.05, 3.63) is 40.4 Å². The summed E-state index contributed by atoms with van der Waals surface area (Å²) in [6.45, 7) is 5.43. The summed E-state index contributed by atoms with van der Waals surface area (Å²) in [6, 6.07) is 1.97. The minimum atomic E-state index is 0.125. The number of nitrogens with zero attached hydrogens (tertiary/aromatic N) is 4. The van der Waals surface area contributed by atoms with Crippen LogP contribution in [-0.2, 0) is 0 Å². The van der Waals surface area contributed by atoms with E-state index in [2.05, 4.69) is 14.3 Å². The molecule has 0 N–H and O–H groups in total. The van der Waals surface area contributed by atoms with Gasteiger partial charge in [0, 0.05) is 35.8 Å². The van der Waals surface area contributed by atoms with E-state index in [0.29, 0.717) is 5.92 Å². The fourth-order valence-corrected chi connectivity index (χ4v) is 3.56. The van der Waals surface area contributed by atoms with Crippen LogP contribution in [0.25, 0.3) is 0 Å². The Hall–Kier alpha value is -1.82. The molecule has 0 radical (unpaired) electrons. The molecule has 1 aliphatic rings. The lowest BCUT2D eigenvalue weighted by atomic mass is 9.93. The maximum Gasteiger partial charge on any atom is 0.256 e. The molecule has 0 unspecified atom stereocenters. The highest BCUT2D eigenvalue weighted by Crippen LogP contribution is 2.28. The molecule has 0 saturated carbocycles. The lowest BCUT2D eigenvalue weighted by molar-refractivity contribution is 0.0711. The average Bonchev–Trinajstić information content (AvgIpc) is 2.87. The van der Waals surface area contributed by atoms with E-state index in [1.807, 2.05) is 24.8 Å². The smallest absolute Gasteiger partial charge is 0.256 e. The van der Waals surface area contributed by atoms with E-state index in [9.17, 15) is 4.79 Å². The number of carbonyl (C=O) groups excluding carboxylic acids is 1. The van der Waals surface area contributed by atoms with Gasteiger partial charge in [-0.3, -0.25) is 4.79 Å². The Balaban J connectivity index is 1.68. The third-order valence-corrected chi connectivity index (χ3v) is 4.90. The van der Waals surface area contributed by atoms with Gasteiger partial charge in [-0.2, -0.15) is 4.37 Å². The summed E-state index contributed by atoms with van der Waals surface area (Å²) in [4.78, 5) is 23.9. The molecule has 1 aliphatic heterocycles. The fraction of sp³-hybridized carbons (Fsp3) is 0.467. The quantitative estimate of drug-likeness (QED) is 0.855. The van der Waals surface area contributed by atoms with Crippen LogP contribution in [0.5, 0.6) is 0 Å². The van der Waals surface area contributed by atoms with Gasteiger partial charge < -0.3 is 4.90 Å². The number of carbonyl (C=O) groups is 1. The molecule has 1 fully saturated rings. The van der Waals surface area contributed by atoms with Gasteiger partial charge in [0.25, 0.3) is 5.91 Å². The number of aryl methyl sites for hydroxylation is 2. The first-order chi connectivity index (χ1) is 10.2. The predicted molar refractivity (Wildman–Crippen MR) is 81.5 cm³/mol. The highest BCUT2D eigenvalue weighted by molar-refractivity contribution is 7.06. The lowest BCUT2D eigenvalue weighted by Gasteiger charge is -2.31. The Morgan fingerprint density at radius 2 is 2.10 bits per heavy atom. The van der Waals surface area contributed by atoms with E-state index in [1.54, 1.807) is 12.5 Å². The van der Waals surface area contributed by atoms with Crippen molar-refractivity contribution in [2.24, 2.45) is 0 Å². The van der Waals surface area contributed by atoms with Gasteiger partial charge in [-0.05, 0) is 44.3 Å². The van der Waals surface area contributed by atoms with Crippen LogP contribution in [0.1, 0.15) is 45.4 Å². The summed E-state index contributed by atoms with van der Waals surface area (Å²) >= 11 is 1.41. The molecule has 1 amide bonds. The zero-order valence-electron chi connectivity index (χ0n) is 12.2. The average molecular weight is 302 g/mol. The summed E-state index contributed by atoms with van der Waals surface area (Å²) in [6.07, 6.45) is 5.29. The van der Waals surface area contributed by atoms with E-state index in [0.717, 1.165) is 47.8 Å². The Kier molecular flexibility index (Phi) is 3.96. The van der Waals surface area contributed by atoms with Crippen molar-refractivity contribution in [3.63, 3.8) is 0 Å². The maximum absolute atomic E-state index is 12.6. The van der Waals surface area contributed by atoms with Gasteiger partial charge in [0.1, 0.15) is 6.33 Å². The second-order valence-corrected chi connectivity index (χ2v) is 6.38. The van der Waals surface area contributed by atoms with Crippen LogP contribution in [0.3, 0.4) is 0 Å². The van der Waals surface area contributed by atoms with Crippen LogP contribution in [-0.4, -0.2) is 38.2 Å². The van der Waals surface area contributed by atoms with Crippen molar-refractivity contribution in [1.82, 2.24) is 19.2 Å². The van der Waals surface area contributed by atoms with Gasteiger partial charge in [0.05, 0.1) is 11.3 Å².